The molecule has 1 fully saturated rings. The van der Waals surface area contributed by atoms with E-state index in [-0.39, 0.29) is 11.7 Å². The number of hydrogen-bond donors (Lipinski definition) is 0. The molecule has 0 aromatic heterocycles. The van der Waals surface area contributed by atoms with Crippen LogP contribution in [0.15, 0.2) is 18.2 Å². The summed E-state index contributed by atoms with van der Waals surface area (Å²) in [5, 5.41) is 0.855. The third-order valence-corrected chi connectivity index (χ3v) is 6.72. The molecule has 0 spiro atoms. The molecule has 1 aliphatic rings. The van der Waals surface area contributed by atoms with Gasteiger partial charge in [0.1, 0.15) is 0 Å². The van der Waals surface area contributed by atoms with E-state index in [1.54, 1.807) is 37.2 Å². The van der Waals surface area contributed by atoms with Crippen LogP contribution >= 0.6 is 23.2 Å². The fourth-order valence-corrected chi connectivity index (χ4v) is 4.01. The highest BCUT2D eigenvalue weighted by Crippen LogP contribution is 2.22. The molecule has 1 saturated heterocycles. The molecule has 1 aromatic carbocycles. The number of halogens is 2. The van der Waals surface area contributed by atoms with Gasteiger partial charge in [0.2, 0.25) is 10.0 Å². The molecule has 0 N–H and O–H groups in total. The molecule has 140 valence electrons. The summed E-state index contributed by atoms with van der Waals surface area (Å²) in [5.41, 5.74) is 0.455. The van der Waals surface area contributed by atoms with Crippen LogP contribution in [0.2, 0.25) is 10.0 Å². The summed E-state index contributed by atoms with van der Waals surface area (Å²) in [6.07, 6.45) is 0.581. The summed E-state index contributed by atoms with van der Waals surface area (Å²) >= 11 is 12.0. The lowest BCUT2D eigenvalue weighted by Crippen LogP contribution is -2.49. The van der Waals surface area contributed by atoms with E-state index >= 15 is 0 Å². The van der Waals surface area contributed by atoms with E-state index in [0.717, 1.165) is 13.1 Å². The van der Waals surface area contributed by atoms with Crippen LogP contribution in [0.5, 0.6) is 0 Å². The number of nitrogens with zero attached hydrogens (tertiary/aromatic N) is 3. The first kappa shape index (κ1) is 20.5. The smallest absolute Gasteiger partial charge is 0.255 e. The second kappa shape index (κ2) is 8.68. The van der Waals surface area contributed by atoms with Crippen molar-refractivity contribution in [3.05, 3.63) is 33.8 Å². The summed E-state index contributed by atoms with van der Waals surface area (Å²) < 4.78 is 24.8. The van der Waals surface area contributed by atoms with Gasteiger partial charge in [-0.05, 0) is 31.2 Å². The Morgan fingerprint density at radius 3 is 2.36 bits per heavy atom. The fourth-order valence-electron chi connectivity index (χ4n) is 2.66. The van der Waals surface area contributed by atoms with Crippen molar-refractivity contribution in [3.63, 3.8) is 0 Å². The van der Waals surface area contributed by atoms with Crippen LogP contribution < -0.4 is 0 Å². The minimum absolute atomic E-state index is 0.100. The number of carbonyl (C=O) groups excluding carboxylic acids is 1. The van der Waals surface area contributed by atoms with E-state index in [0.29, 0.717) is 41.7 Å². The van der Waals surface area contributed by atoms with Crippen molar-refractivity contribution in [2.45, 2.75) is 6.42 Å². The van der Waals surface area contributed by atoms with E-state index in [4.69, 9.17) is 23.2 Å². The Balaban J connectivity index is 1.82. The van der Waals surface area contributed by atoms with Crippen molar-refractivity contribution < 1.29 is 13.2 Å². The molecule has 2 rings (SSSR count). The molecule has 1 aromatic rings. The SMILES string of the molecule is CN(C)S(=O)(=O)CCCN1CCN(C(=O)c2ccc(Cl)cc2Cl)CC1. The quantitative estimate of drug-likeness (QED) is 0.723. The van der Waals surface area contributed by atoms with Crippen molar-refractivity contribution in [2.24, 2.45) is 0 Å². The molecule has 0 unspecified atom stereocenters. The number of piperazine rings is 1. The van der Waals surface area contributed by atoms with Crippen LogP contribution in [0.1, 0.15) is 16.8 Å². The Morgan fingerprint density at radius 2 is 1.80 bits per heavy atom. The Morgan fingerprint density at radius 1 is 1.16 bits per heavy atom. The largest absolute Gasteiger partial charge is 0.336 e. The molecule has 0 radical (unpaired) electrons. The molecule has 0 aliphatic carbocycles. The maximum Gasteiger partial charge on any atom is 0.255 e. The Bertz CT molecular complexity index is 717. The van der Waals surface area contributed by atoms with Gasteiger partial charge in [0.05, 0.1) is 16.3 Å². The Kier molecular flexibility index (Phi) is 7.10. The second-order valence-electron chi connectivity index (χ2n) is 6.21. The van der Waals surface area contributed by atoms with Gasteiger partial charge in [-0.3, -0.25) is 9.69 Å². The van der Waals surface area contributed by atoms with Crippen molar-refractivity contribution in [2.75, 3.05) is 52.6 Å². The summed E-state index contributed by atoms with van der Waals surface area (Å²) in [4.78, 5) is 16.5. The maximum atomic E-state index is 12.6. The van der Waals surface area contributed by atoms with Crippen LogP contribution in [0, 0.1) is 0 Å². The van der Waals surface area contributed by atoms with Gasteiger partial charge in [-0.15, -0.1) is 0 Å². The van der Waals surface area contributed by atoms with Crippen LogP contribution in [-0.2, 0) is 10.0 Å². The highest BCUT2D eigenvalue weighted by Gasteiger charge is 2.24. The summed E-state index contributed by atoms with van der Waals surface area (Å²) in [6, 6.07) is 4.87. The van der Waals surface area contributed by atoms with Crippen LogP contribution in [0.4, 0.5) is 0 Å². The summed E-state index contributed by atoms with van der Waals surface area (Å²) in [5.74, 6) is 0.0380. The zero-order valence-electron chi connectivity index (χ0n) is 14.4. The van der Waals surface area contributed by atoms with Gasteiger partial charge in [-0.1, -0.05) is 23.2 Å². The Hall–Kier alpha value is -0.860. The molecular weight excluding hydrogens is 385 g/mol. The molecule has 9 heteroatoms. The van der Waals surface area contributed by atoms with Crippen molar-refractivity contribution in [1.82, 2.24) is 14.1 Å². The minimum atomic E-state index is -3.15. The van der Waals surface area contributed by atoms with Crippen molar-refractivity contribution >= 4 is 39.1 Å². The molecule has 1 aliphatic heterocycles. The first-order valence-corrected chi connectivity index (χ1v) is 10.4. The Labute approximate surface area is 159 Å². The maximum absolute atomic E-state index is 12.6. The molecule has 25 heavy (non-hydrogen) atoms. The standard InChI is InChI=1S/C16H23Cl2N3O3S/c1-19(2)25(23,24)11-3-6-20-7-9-21(10-8-20)16(22)14-5-4-13(17)12-15(14)18/h4-5,12H,3,6-11H2,1-2H3. The number of benzene rings is 1. The van der Waals surface area contributed by atoms with E-state index < -0.39 is 10.0 Å². The molecule has 0 atom stereocenters. The van der Waals surface area contributed by atoms with Crippen molar-refractivity contribution in [3.8, 4) is 0 Å². The van der Waals surface area contributed by atoms with E-state index in [1.807, 2.05) is 0 Å². The zero-order chi connectivity index (χ0) is 18.6. The molecular formula is C16H23Cl2N3O3S. The summed E-state index contributed by atoms with van der Waals surface area (Å²) in [7, 11) is -0.0643. The fraction of sp³-hybridized carbons (Fsp3) is 0.562. The van der Waals surface area contributed by atoms with E-state index in [2.05, 4.69) is 4.90 Å². The highest BCUT2D eigenvalue weighted by atomic mass is 35.5. The van der Waals surface area contributed by atoms with Crippen LogP contribution in [0.3, 0.4) is 0 Å². The van der Waals surface area contributed by atoms with Crippen LogP contribution in [-0.4, -0.2) is 81.0 Å². The lowest BCUT2D eigenvalue weighted by atomic mass is 10.1. The number of carbonyl (C=O) groups is 1. The molecule has 1 heterocycles. The van der Waals surface area contributed by atoms with Gasteiger partial charge >= 0.3 is 0 Å². The van der Waals surface area contributed by atoms with E-state index in [9.17, 15) is 13.2 Å². The number of hydrogen-bond acceptors (Lipinski definition) is 4. The topological polar surface area (TPSA) is 60.9 Å². The molecule has 0 saturated carbocycles. The average molecular weight is 408 g/mol. The lowest BCUT2D eigenvalue weighted by Gasteiger charge is -2.35. The first-order valence-electron chi connectivity index (χ1n) is 8.07. The monoisotopic (exact) mass is 407 g/mol. The average Bonchev–Trinajstić information content (AvgIpc) is 2.54. The van der Waals surface area contributed by atoms with Gasteiger partial charge in [0, 0.05) is 45.3 Å². The first-order chi connectivity index (χ1) is 11.7. The zero-order valence-corrected chi connectivity index (χ0v) is 16.7. The van der Waals surface area contributed by atoms with Crippen LogP contribution in [0.25, 0.3) is 0 Å². The normalized spacial score (nSPS) is 16.4. The number of sulfonamides is 1. The minimum Gasteiger partial charge on any atom is -0.336 e. The predicted molar refractivity (Wildman–Crippen MR) is 101 cm³/mol. The van der Waals surface area contributed by atoms with Gasteiger partial charge in [0.25, 0.3) is 5.91 Å². The lowest BCUT2D eigenvalue weighted by molar-refractivity contribution is 0.0638. The second-order valence-corrected chi connectivity index (χ2v) is 9.36. The number of amides is 1. The highest BCUT2D eigenvalue weighted by molar-refractivity contribution is 7.89. The van der Waals surface area contributed by atoms with Gasteiger partial charge in [-0.2, -0.15) is 0 Å². The van der Waals surface area contributed by atoms with Gasteiger partial charge in [0.15, 0.2) is 0 Å². The van der Waals surface area contributed by atoms with Crippen molar-refractivity contribution in [1.29, 1.82) is 0 Å². The predicted octanol–water partition coefficient (Wildman–Crippen LogP) is 2.03. The van der Waals surface area contributed by atoms with E-state index in [1.165, 1.54) is 4.31 Å². The molecule has 0 bridgehead atoms. The third-order valence-electron chi connectivity index (χ3n) is 4.25. The van der Waals surface area contributed by atoms with Gasteiger partial charge < -0.3 is 4.90 Å². The summed E-state index contributed by atoms with van der Waals surface area (Å²) in [6.45, 7) is 3.34. The molecule has 1 amide bonds. The molecule has 6 nitrogen and oxygen atoms in total. The van der Waals surface area contributed by atoms with Gasteiger partial charge in [-0.25, -0.2) is 12.7 Å². The number of rotatable bonds is 6. The third kappa shape index (κ3) is 5.56.